The van der Waals surface area contributed by atoms with E-state index in [1.54, 1.807) is 6.07 Å². The van der Waals surface area contributed by atoms with Gasteiger partial charge in [0.05, 0.1) is 0 Å². The summed E-state index contributed by atoms with van der Waals surface area (Å²) in [4.78, 5) is 0. The minimum atomic E-state index is -0.247. The summed E-state index contributed by atoms with van der Waals surface area (Å²) in [5.74, 6) is -0.247. The average molecular weight is 296 g/mol. The highest BCUT2D eigenvalue weighted by Gasteiger charge is 2.57. The normalized spacial score (nSPS) is 22.6. The first-order chi connectivity index (χ1) is 9.45. The van der Waals surface area contributed by atoms with Gasteiger partial charge in [0.15, 0.2) is 0 Å². The van der Waals surface area contributed by atoms with Crippen LogP contribution < -0.4 is 5.32 Å². The van der Waals surface area contributed by atoms with E-state index in [0.717, 1.165) is 12.1 Å². The van der Waals surface area contributed by atoms with E-state index in [9.17, 15) is 4.39 Å². The van der Waals surface area contributed by atoms with Crippen LogP contribution in [0.4, 0.5) is 4.39 Å². The number of hydrogen-bond donors (Lipinski definition) is 1. The molecule has 0 saturated heterocycles. The van der Waals surface area contributed by atoms with E-state index >= 15 is 0 Å². The zero-order chi connectivity index (χ0) is 14.4. The summed E-state index contributed by atoms with van der Waals surface area (Å²) < 4.78 is 13.3. The predicted molar refractivity (Wildman–Crippen MR) is 81.7 cm³/mol. The van der Waals surface area contributed by atoms with Crippen LogP contribution in [0.3, 0.4) is 0 Å². The molecular formula is C17H23ClFN. The minimum Gasteiger partial charge on any atom is -0.314 e. The van der Waals surface area contributed by atoms with Crippen molar-refractivity contribution < 1.29 is 4.39 Å². The Morgan fingerprint density at radius 3 is 2.50 bits per heavy atom. The Morgan fingerprint density at radius 2 is 2.00 bits per heavy atom. The zero-order valence-electron chi connectivity index (χ0n) is 12.3. The second-order valence-corrected chi connectivity index (χ2v) is 7.55. The van der Waals surface area contributed by atoms with Crippen molar-refractivity contribution in [2.75, 3.05) is 6.54 Å². The van der Waals surface area contributed by atoms with Crippen molar-refractivity contribution in [3.63, 3.8) is 0 Å². The van der Waals surface area contributed by atoms with Crippen LogP contribution in [-0.2, 0) is 5.41 Å². The Morgan fingerprint density at radius 1 is 1.30 bits per heavy atom. The van der Waals surface area contributed by atoms with E-state index in [1.807, 2.05) is 6.07 Å². The van der Waals surface area contributed by atoms with Crippen LogP contribution in [0.5, 0.6) is 0 Å². The second kappa shape index (κ2) is 4.99. The lowest BCUT2D eigenvalue weighted by Crippen LogP contribution is -2.58. The van der Waals surface area contributed by atoms with E-state index in [0.29, 0.717) is 16.5 Å². The summed E-state index contributed by atoms with van der Waals surface area (Å²) in [6.45, 7) is 5.27. The lowest BCUT2D eigenvalue weighted by Gasteiger charge is -2.62. The molecule has 0 unspecified atom stereocenters. The third-order valence-electron chi connectivity index (χ3n) is 5.19. The molecule has 0 heterocycles. The van der Waals surface area contributed by atoms with E-state index in [2.05, 4.69) is 19.2 Å². The smallest absolute Gasteiger partial charge is 0.124 e. The van der Waals surface area contributed by atoms with Crippen molar-refractivity contribution in [1.82, 2.24) is 5.32 Å². The molecule has 2 saturated carbocycles. The highest BCUT2D eigenvalue weighted by Crippen LogP contribution is 2.65. The van der Waals surface area contributed by atoms with Crippen LogP contribution in [-0.4, -0.2) is 12.6 Å². The average Bonchev–Trinajstić information content (AvgIpc) is 2.27. The molecular weight excluding hydrogens is 273 g/mol. The summed E-state index contributed by atoms with van der Waals surface area (Å²) in [7, 11) is 0. The molecule has 1 N–H and O–H groups in total. The first-order valence-electron chi connectivity index (χ1n) is 7.64. The summed E-state index contributed by atoms with van der Waals surface area (Å²) in [6, 6.07) is 5.36. The minimum absolute atomic E-state index is 0.107. The maximum absolute atomic E-state index is 13.3. The molecule has 2 fully saturated rings. The molecule has 0 aliphatic heterocycles. The van der Waals surface area contributed by atoms with Gasteiger partial charge in [0, 0.05) is 23.0 Å². The Bertz CT molecular complexity index is 500. The van der Waals surface area contributed by atoms with Gasteiger partial charge in [0.2, 0.25) is 0 Å². The number of halogens is 2. The van der Waals surface area contributed by atoms with Crippen molar-refractivity contribution in [1.29, 1.82) is 0 Å². The van der Waals surface area contributed by atoms with E-state index in [-0.39, 0.29) is 11.2 Å². The van der Waals surface area contributed by atoms with Crippen molar-refractivity contribution in [3.8, 4) is 0 Å². The maximum atomic E-state index is 13.3. The first kappa shape index (κ1) is 14.3. The van der Waals surface area contributed by atoms with Gasteiger partial charge in [-0.25, -0.2) is 4.39 Å². The van der Waals surface area contributed by atoms with E-state index < -0.39 is 0 Å². The van der Waals surface area contributed by atoms with Crippen LogP contribution in [0.25, 0.3) is 0 Å². The molecule has 0 atom stereocenters. The summed E-state index contributed by atoms with van der Waals surface area (Å²) in [5.41, 5.74) is 1.80. The molecule has 1 aromatic rings. The third kappa shape index (κ3) is 2.37. The fourth-order valence-electron chi connectivity index (χ4n) is 4.14. The van der Waals surface area contributed by atoms with Gasteiger partial charge in [-0.15, -0.1) is 0 Å². The standard InChI is InChI=1S/C17H23ClFN/c1-12(2)20-11-17(9-16(10-17)6-3-7-16)14-5-4-13(19)8-15(14)18/h4-5,8,12,20H,3,6-7,9-11H2,1-2H3. The van der Waals surface area contributed by atoms with Crippen LogP contribution in [0.15, 0.2) is 18.2 Å². The lowest BCUT2D eigenvalue weighted by atomic mass is 9.43. The number of rotatable bonds is 4. The second-order valence-electron chi connectivity index (χ2n) is 7.15. The highest BCUT2D eigenvalue weighted by atomic mass is 35.5. The quantitative estimate of drug-likeness (QED) is 0.850. The van der Waals surface area contributed by atoms with Crippen LogP contribution in [0, 0.1) is 11.2 Å². The van der Waals surface area contributed by atoms with Crippen LogP contribution >= 0.6 is 11.6 Å². The van der Waals surface area contributed by atoms with Gasteiger partial charge in [-0.2, -0.15) is 0 Å². The topological polar surface area (TPSA) is 12.0 Å². The van der Waals surface area contributed by atoms with E-state index in [1.165, 1.54) is 38.2 Å². The van der Waals surface area contributed by atoms with Gasteiger partial charge < -0.3 is 5.32 Å². The molecule has 0 bridgehead atoms. The Hall–Kier alpha value is -0.600. The molecule has 1 aromatic carbocycles. The molecule has 3 rings (SSSR count). The fraction of sp³-hybridized carbons (Fsp3) is 0.647. The van der Waals surface area contributed by atoms with Gasteiger partial charge in [-0.05, 0) is 48.8 Å². The highest BCUT2D eigenvalue weighted by molar-refractivity contribution is 6.31. The third-order valence-corrected chi connectivity index (χ3v) is 5.50. The van der Waals surface area contributed by atoms with E-state index in [4.69, 9.17) is 11.6 Å². The van der Waals surface area contributed by atoms with Crippen molar-refractivity contribution >= 4 is 11.6 Å². The molecule has 2 aliphatic carbocycles. The Kier molecular flexibility index (Phi) is 3.58. The first-order valence-corrected chi connectivity index (χ1v) is 8.02. The number of nitrogens with one attached hydrogen (secondary N) is 1. The number of benzene rings is 1. The van der Waals surface area contributed by atoms with Crippen molar-refractivity contribution in [2.45, 2.75) is 57.4 Å². The largest absolute Gasteiger partial charge is 0.314 e. The predicted octanol–water partition coefficient (Wildman–Crippen LogP) is 4.68. The lowest BCUT2D eigenvalue weighted by molar-refractivity contribution is -0.0489. The molecule has 2 aliphatic rings. The molecule has 110 valence electrons. The van der Waals surface area contributed by atoms with Crippen LogP contribution in [0.2, 0.25) is 5.02 Å². The monoisotopic (exact) mass is 295 g/mol. The SMILES string of the molecule is CC(C)NCC1(c2ccc(F)cc2Cl)CC2(CCC2)C1. The van der Waals surface area contributed by atoms with Crippen molar-refractivity contribution in [3.05, 3.63) is 34.6 Å². The zero-order valence-corrected chi connectivity index (χ0v) is 13.1. The maximum Gasteiger partial charge on any atom is 0.124 e. The van der Waals surface area contributed by atoms with Crippen molar-refractivity contribution in [2.24, 2.45) is 5.41 Å². The number of hydrogen-bond acceptors (Lipinski definition) is 1. The van der Waals surface area contributed by atoms with Crippen LogP contribution in [0.1, 0.15) is 51.5 Å². The van der Waals surface area contributed by atoms with Gasteiger partial charge >= 0.3 is 0 Å². The summed E-state index contributed by atoms with van der Waals surface area (Å²) in [5, 5.41) is 4.15. The fourth-order valence-corrected chi connectivity index (χ4v) is 4.51. The molecule has 0 amide bonds. The molecule has 3 heteroatoms. The Labute approximate surface area is 125 Å². The summed E-state index contributed by atoms with van der Waals surface area (Å²) >= 11 is 6.33. The van der Waals surface area contributed by atoms with Gasteiger partial charge in [-0.1, -0.05) is 37.9 Å². The molecule has 0 radical (unpaired) electrons. The molecule has 1 spiro atoms. The molecule has 0 aromatic heterocycles. The van der Waals surface area contributed by atoms with Gasteiger partial charge in [0.25, 0.3) is 0 Å². The van der Waals surface area contributed by atoms with Gasteiger partial charge in [0.1, 0.15) is 5.82 Å². The van der Waals surface area contributed by atoms with Gasteiger partial charge in [-0.3, -0.25) is 0 Å². The molecule has 20 heavy (non-hydrogen) atoms. The summed E-state index contributed by atoms with van der Waals surface area (Å²) in [6.07, 6.45) is 6.48. The Balaban J connectivity index is 1.85. The molecule has 1 nitrogen and oxygen atoms in total.